The van der Waals surface area contributed by atoms with E-state index < -0.39 is 5.56 Å². The van der Waals surface area contributed by atoms with Gasteiger partial charge in [-0.25, -0.2) is 0 Å². The topological polar surface area (TPSA) is 103 Å². The molecule has 8 heteroatoms. The highest BCUT2D eigenvalue weighted by Crippen LogP contribution is 2.19. The van der Waals surface area contributed by atoms with E-state index in [-0.39, 0.29) is 22.5 Å². The molecule has 0 unspecified atom stereocenters. The van der Waals surface area contributed by atoms with Gasteiger partial charge in [0.1, 0.15) is 5.69 Å². The number of fused-ring (bicyclic) bond motifs is 1. The van der Waals surface area contributed by atoms with Gasteiger partial charge in [0.2, 0.25) is 11.1 Å². The maximum absolute atomic E-state index is 12.1. The summed E-state index contributed by atoms with van der Waals surface area (Å²) in [6, 6.07) is 13.6. The second kappa shape index (κ2) is 6.71. The second-order valence-corrected chi connectivity index (χ2v) is 6.08. The van der Waals surface area contributed by atoms with Crippen LogP contribution in [-0.2, 0) is 4.79 Å². The summed E-state index contributed by atoms with van der Waals surface area (Å²) in [5, 5.41) is 12.7. The lowest BCUT2D eigenvalue weighted by molar-refractivity contribution is -0.113. The number of nitrogen functional groups attached to an aromatic ring is 1. The monoisotopic (exact) mass is 341 g/mol. The number of carbonyl (C=O) groups excluding carboxylic acids is 1. The fourth-order valence-electron chi connectivity index (χ4n) is 2.16. The zero-order valence-corrected chi connectivity index (χ0v) is 13.7. The van der Waals surface area contributed by atoms with Gasteiger partial charge in [-0.2, -0.15) is 4.68 Å². The third kappa shape index (κ3) is 3.38. The van der Waals surface area contributed by atoms with E-state index >= 15 is 0 Å². The van der Waals surface area contributed by atoms with Gasteiger partial charge in [0.25, 0.3) is 5.56 Å². The van der Waals surface area contributed by atoms with Crippen molar-refractivity contribution in [2.45, 2.75) is 12.1 Å². The van der Waals surface area contributed by atoms with Crippen LogP contribution in [0.25, 0.3) is 10.8 Å². The number of hydrogen-bond donors (Lipinski definition) is 2. The Morgan fingerprint density at radius 2 is 1.96 bits per heavy atom. The highest BCUT2D eigenvalue weighted by atomic mass is 32.2. The molecule has 0 atom stereocenters. The molecule has 0 bridgehead atoms. The van der Waals surface area contributed by atoms with Crippen molar-refractivity contribution in [3.8, 4) is 0 Å². The Bertz CT molecular complexity index is 970. The minimum absolute atomic E-state index is 0.0706. The molecule has 0 aliphatic rings. The molecular formula is C16H15N5O2S. The van der Waals surface area contributed by atoms with E-state index in [4.69, 9.17) is 5.84 Å². The van der Waals surface area contributed by atoms with Crippen LogP contribution in [0.2, 0.25) is 0 Å². The van der Waals surface area contributed by atoms with E-state index in [1.807, 2.05) is 42.5 Å². The number of benzene rings is 2. The van der Waals surface area contributed by atoms with Crippen LogP contribution in [0.5, 0.6) is 0 Å². The maximum atomic E-state index is 12.1. The molecule has 0 spiro atoms. The summed E-state index contributed by atoms with van der Waals surface area (Å²) in [5.41, 5.74) is 0.490. The predicted octanol–water partition coefficient (Wildman–Crippen LogP) is 1.54. The van der Waals surface area contributed by atoms with E-state index in [2.05, 4.69) is 15.5 Å². The highest BCUT2D eigenvalue weighted by molar-refractivity contribution is 7.99. The first-order valence-electron chi connectivity index (χ1n) is 7.17. The van der Waals surface area contributed by atoms with Crippen molar-refractivity contribution in [3.05, 3.63) is 58.5 Å². The molecule has 0 saturated heterocycles. The van der Waals surface area contributed by atoms with E-state index in [0.29, 0.717) is 5.69 Å². The molecule has 1 amide bonds. The van der Waals surface area contributed by atoms with Gasteiger partial charge in [-0.05, 0) is 29.8 Å². The van der Waals surface area contributed by atoms with Crippen LogP contribution in [0, 0.1) is 6.92 Å². The number of amides is 1. The average molecular weight is 341 g/mol. The Hall–Kier alpha value is -2.87. The summed E-state index contributed by atoms with van der Waals surface area (Å²) < 4.78 is 0.899. The SMILES string of the molecule is Cc1nnc(SCC(=O)Nc2ccc3ccccc3c2)n(N)c1=O. The molecule has 3 N–H and O–H groups in total. The van der Waals surface area contributed by atoms with Gasteiger partial charge < -0.3 is 11.2 Å². The van der Waals surface area contributed by atoms with Gasteiger partial charge in [0.05, 0.1) is 5.75 Å². The molecule has 7 nitrogen and oxygen atoms in total. The lowest BCUT2D eigenvalue weighted by atomic mass is 10.1. The van der Waals surface area contributed by atoms with Gasteiger partial charge in [0.15, 0.2) is 0 Å². The van der Waals surface area contributed by atoms with Crippen LogP contribution in [0.1, 0.15) is 5.69 Å². The molecule has 2 aromatic carbocycles. The van der Waals surface area contributed by atoms with Crippen LogP contribution in [0.3, 0.4) is 0 Å². The van der Waals surface area contributed by atoms with Crippen molar-refractivity contribution in [1.29, 1.82) is 0 Å². The molecule has 0 saturated carbocycles. The molecule has 1 aromatic heterocycles. The number of nitrogens with zero attached hydrogens (tertiary/aromatic N) is 3. The van der Waals surface area contributed by atoms with Crippen LogP contribution in [0.4, 0.5) is 5.69 Å². The van der Waals surface area contributed by atoms with Crippen molar-refractivity contribution in [1.82, 2.24) is 14.9 Å². The third-order valence-corrected chi connectivity index (χ3v) is 4.33. The fraction of sp³-hybridized carbons (Fsp3) is 0.125. The number of carbonyl (C=O) groups is 1. The van der Waals surface area contributed by atoms with E-state index in [0.717, 1.165) is 27.2 Å². The quantitative estimate of drug-likeness (QED) is 0.551. The largest absolute Gasteiger partial charge is 0.334 e. The van der Waals surface area contributed by atoms with Gasteiger partial charge in [0, 0.05) is 5.69 Å². The van der Waals surface area contributed by atoms with Gasteiger partial charge >= 0.3 is 0 Å². The van der Waals surface area contributed by atoms with Crippen molar-refractivity contribution < 1.29 is 4.79 Å². The lowest BCUT2D eigenvalue weighted by Crippen LogP contribution is -2.32. The van der Waals surface area contributed by atoms with Crippen LogP contribution >= 0.6 is 11.8 Å². The number of aromatic nitrogens is 3. The Balaban J connectivity index is 1.67. The molecule has 0 radical (unpaired) electrons. The standard InChI is InChI=1S/C16H15N5O2S/c1-10-15(23)21(17)16(20-19-10)24-9-14(22)18-13-7-6-11-4-2-3-5-12(11)8-13/h2-8H,9,17H2,1H3,(H,18,22). The minimum atomic E-state index is -0.428. The number of anilines is 1. The summed E-state index contributed by atoms with van der Waals surface area (Å²) in [5.74, 6) is 5.49. The number of nitrogens with one attached hydrogen (secondary N) is 1. The molecule has 0 aliphatic carbocycles. The predicted molar refractivity (Wildman–Crippen MR) is 94.5 cm³/mol. The number of aryl methyl sites for hydroxylation is 1. The number of nitrogens with two attached hydrogens (primary N) is 1. The van der Waals surface area contributed by atoms with Crippen LogP contribution in [0.15, 0.2) is 52.4 Å². The lowest BCUT2D eigenvalue weighted by Gasteiger charge is -2.08. The Morgan fingerprint density at radius 3 is 2.75 bits per heavy atom. The van der Waals surface area contributed by atoms with Crippen molar-refractivity contribution in [2.75, 3.05) is 16.9 Å². The molecular weight excluding hydrogens is 326 g/mol. The average Bonchev–Trinajstić information content (AvgIpc) is 2.59. The molecule has 0 fully saturated rings. The second-order valence-electron chi connectivity index (χ2n) is 5.14. The highest BCUT2D eigenvalue weighted by Gasteiger charge is 2.10. The van der Waals surface area contributed by atoms with Gasteiger partial charge in [-0.15, -0.1) is 10.2 Å². The molecule has 0 aliphatic heterocycles. The smallest absolute Gasteiger partial charge is 0.294 e. The summed E-state index contributed by atoms with van der Waals surface area (Å²) in [6.07, 6.45) is 0. The Kier molecular flexibility index (Phi) is 4.48. The Morgan fingerprint density at radius 1 is 1.21 bits per heavy atom. The van der Waals surface area contributed by atoms with Crippen molar-refractivity contribution in [3.63, 3.8) is 0 Å². The maximum Gasteiger partial charge on any atom is 0.294 e. The van der Waals surface area contributed by atoms with Gasteiger partial charge in [-0.1, -0.05) is 42.1 Å². The Labute approximate surface area is 141 Å². The van der Waals surface area contributed by atoms with E-state index in [9.17, 15) is 9.59 Å². The summed E-state index contributed by atoms with van der Waals surface area (Å²) in [7, 11) is 0. The van der Waals surface area contributed by atoms with Crippen LogP contribution < -0.4 is 16.7 Å². The van der Waals surface area contributed by atoms with Gasteiger partial charge in [-0.3, -0.25) is 9.59 Å². The number of hydrogen-bond acceptors (Lipinski definition) is 6. The van der Waals surface area contributed by atoms with Crippen LogP contribution in [-0.4, -0.2) is 26.5 Å². The number of thioether (sulfide) groups is 1. The summed E-state index contributed by atoms with van der Waals surface area (Å²) in [6.45, 7) is 1.53. The molecule has 122 valence electrons. The zero-order valence-electron chi connectivity index (χ0n) is 12.9. The third-order valence-electron chi connectivity index (χ3n) is 3.39. The molecule has 3 aromatic rings. The first-order valence-corrected chi connectivity index (χ1v) is 8.16. The van der Waals surface area contributed by atoms with Crippen molar-refractivity contribution in [2.24, 2.45) is 0 Å². The molecule has 3 rings (SSSR count). The molecule has 1 heterocycles. The van der Waals surface area contributed by atoms with E-state index in [1.165, 1.54) is 6.92 Å². The zero-order chi connectivity index (χ0) is 17.1. The first kappa shape index (κ1) is 16.0. The first-order chi connectivity index (χ1) is 11.5. The summed E-state index contributed by atoms with van der Waals surface area (Å²) >= 11 is 1.05. The number of rotatable bonds is 4. The fourth-order valence-corrected chi connectivity index (χ4v) is 2.82. The molecule has 24 heavy (non-hydrogen) atoms. The summed E-state index contributed by atoms with van der Waals surface area (Å²) in [4.78, 5) is 23.7. The van der Waals surface area contributed by atoms with Crippen molar-refractivity contribution >= 4 is 34.1 Å². The van der Waals surface area contributed by atoms with E-state index in [1.54, 1.807) is 0 Å². The minimum Gasteiger partial charge on any atom is -0.334 e. The normalized spacial score (nSPS) is 10.7.